The molecule has 160 valence electrons. The lowest BCUT2D eigenvalue weighted by Gasteiger charge is -2.17. The second kappa shape index (κ2) is 8.41. The largest absolute Gasteiger partial charge is 0.296 e. The first-order valence-electron chi connectivity index (χ1n) is 11.2. The summed E-state index contributed by atoms with van der Waals surface area (Å²) in [5.41, 5.74) is 4.12. The first-order chi connectivity index (χ1) is 15.8. The normalized spacial score (nSPS) is 15.4. The van der Waals surface area contributed by atoms with E-state index in [1.807, 2.05) is 28.8 Å². The lowest BCUT2D eigenvalue weighted by Crippen LogP contribution is -2.25. The van der Waals surface area contributed by atoms with Crippen molar-refractivity contribution in [3.8, 4) is 21.8 Å². The molecule has 0 aliphatic carbocycles. The smallest absolute Gasteiger partial charge is 0.235 e. The lowest BCUT2D eigenvalue weighted by atomic mass is 10.0. The average molecular weight is 441 g/mol. The number of benzene rings is 2. The number of fused-ring (bicyclic) bond motifs is 2. The summed E-state index contributed by atoms with van der Waals surface area (Å²) in [6.07, 6.45) is 5.17. The SMILES string of the molecule is c1ccc(-c2cc(-c3nn4c(CN5CCCCCC5)nnc4s3)c3ccccc3n2)cc1. The summed E-state index contributed by atoms with van der Waals surface area (Å²) in [6.45, 7) is 3.05. The number of hydrogen-bond acceptors (Lipinski definition) is 6. The van der Waals surface area contributed by atoms with Crippen LogP contribution < -0.4 is 0 Å². The van der Waals surface area contributed by atoms with Gasteiger partial charge in [-0.1, -0.05) is 72.7 Å². The maximum absolute atomic E-state index is 4.97. The number of pyridine rings is 1. The van der Waals surface area contributed by atoms with E-state index in [1.54, 1.807) is 11.3 Å². The minimum atomic E-state index is 0.802. The predicted octanol–water partition coefficient (Wildman–Crippen LogP) is 5.44. The van der Waals surface area contributed by atoms with Crippen LogP contribution in [0.2, 0.25) is 0 Å². The maximum Gasteiger partial charge on any atom is 0.235 e. The van der Waals surface area contributed by atoms with Gasteiger partial charge in [0, 0.05) is 16.5 Å². The van der Waals surface area contributed by atoms with Gasteiger partial charge in [0.1, 0.15) is 5.01 Å². The van der Waals surface area contributed by atoms with Gasteiger partial charge in [0.2, 0.25) is 4.96 Å². The third-order valence-electron chi connectivity index (χ3n) is 6.14. The molecule has 1 aliphatic rings. The quantitative estimate of drug-likeness (QED) is 0.372. The molecule has 0 unspecified atom stereocenters. The molecule has 0 N–H and O–H groups in total. The van der Waals surface area contributed by atoms with Gasteiger partial charge < -0.3 is 0 Å². The average Bonchev–Trinajstić information content (AvgIpc) is 3.32. The van der Waals surface area contributed by atoms with Gasteiger partial charge in [-0.3, -0.25) is 4.90 Å². The Bertz CT molecular complexity index is 1370. The first kappa shape index (κ1) is 19.5. The molecule has 0 atom stereocenters. The van der Waals surface area contributed by atoms with Gasteiger partial charge in [-0.2, -0.15) is 9.61 Å². The van der Waals surface area contributed by atoms with Crippen LogP contribution in [0.1, 0.15) is 31.5 Å². The molecule has 4 heterocycles. The molecule has 0 spiro atoms. The zero-order valence-corrected chi connectivity index (χ0v) is 18.6. The van der Waals surface area contributed by atoms with E-state index in [2.05, 4.69) is 51.5 Å². The van der Waals surface area contributed by atoms with Crippen molar-refractivity contribution in [2.45, 2.75) is 32.2 Å². The Morgan fingerprint density at radius 3 is 2.47 bits per heavy atom. The topological polar surface area (TPSA) is 59.2 Å². The van der Waals surface area contributed by atoms with Crippen molar-refractivity contribution < 1.29 is 0 Å². The van der Waals surface area contributed by atoms with Gasteiger partial charge in [0.15, 0.2) is 5.82 Å². The van der Waals surface area contributed by atoms with Crippen LogP contribution >= 0.6 is 11.3 Å². The van der Waals surface area contributed by atoms with Gasteiger partial charge in [-0.15, -0.1) is 10.2 Å². The summed E-state index contributed by atoms with van der Waals surface area (Å²) in [4.78, 5) is 8.24. The molecule has 0 bridgehead atoms. The van der Waals surface area contributed by atoms with Gasteiger partial charge in [0.25, 0.3) is 0 Å². The van der Waals surface area contributed by atoms with Gasteiger partial charge in [-0.25, -0.2) is 4.98 Å². The van der Waals surface area contributed by atoms with Gasteiger partial charge in [0.05, 0.1) is 17.8 Å². The number of nitrogens with zero attached hydrogens (tertiary/aromatic N) is 6. The van der Waals surface area contributed by atoms with Crippen molar-refractivity contribution in [3.05, 3.63) is 66.5 Å². The highest BCUT2D eigenvalue weighted by molar-refractivity contribution is 7.19. The molecular weight excluding hydrogens is 416 g/mol. The van der Waals surface area contributed by atoms with E-state index in [0.717, 1.165) is 63.2 Å². The molecule has 0 radical (unpaired) electrons. The molecule has 1 fully saturated rings. The highest BCUT2D eigenvalue weighted by atomic mass is 32.1. The van der Waals surface area contributed by atoms with Crippen LogP contribution in [0.25, 0.3) is 37.7 Å². The zero-order chi connectivity index (χ0) is 21.3. The molecule has 0 saturated carbocycles. The maximum atomic E-state index is 4.97. The van der Waals surface area contributed by atoms with Crippen LogP contribution in [-0.4, -0.2) is 42.8 Å². The molecule has 0 amide bonds. The third kappa shape index (κ3) is 3.67. The molecular formula is C25H24N6S. The molecule has 1 aliphatic heterocycles. The van der Waals surface area contributed by atoms with Crippen LogP contribution in [0.4, 0.5) is 0 Å². The summed E-state index contributed by atoms with van der Waals surface area (Å²) in [5, 5.41) is 15.9. The van der Waals surface area contributed by atoms with Crippen LogP contribution in [-0.2, 0) is 6.54 Å². The summed E-state index contributed by atoms with van der Waals surface area (Å²) in [6, 6.07) is 20.7. The molecule has 6 nitrogen and oxygen atoms in total. The Morgan fingerprint density at radius 1 is 0.844 bits per heavy atom. The second-order valence-corrected chi connectivity index (χ2v) is 9.30. The Kier molecular flexibility index (Phi) is 5.13. The molecule has 2 aromatic carbocycles. The van der Waals surface area contributed by atoms with E-state index in [1.165, 1.54) is 25.7 Å². The summed E-state index contributed by atoms with van der Waals surface area (Å²) < 4.78 is 1.93. The predicted molar refractivity (Wildman–Crippen MR) is 129 cm³/mol. The standard InChI is InChI=1S/C25H24N6S/c1-2-9-15-30(14-8-1)17-23-27-28-25-31(23)29-24(32-25)20-16-22(18-10-4-3-5-11-18)26-21-13-7-6-12-19(20)21/h3-7,10-13,16H,1-2,8-9,14-15,17H2. The van der Waals surface area contributed by atoms with E-state index in [0.29, 0.717) is 0 Å². The third-order valence-corrected chi connectivity index (χ3v) is 7.07. The van der Waals surface area contributed by atoms with Crippen molar-refractivity contribution in [1.82, 2.24) is 29.7 Å². The minimum Gasteiger partial charge on any atom is -0.296 e. The minimum absolute atomic E-state index is 0.802. The van der Waals surface area contributed by atoms with E-state index in [4.69, 9.17) is 10.1 Å². The second-order valence-electron chi connectivity index (χ2n) is 8.35. The van der Waals surface area contributed by atoms with E-state index in [-0.39, 0.29) is 0 Å². The Labute approximate surface area is 190 Å². The molecule has 5 aromatic rings. The molecule has 32 heavy (non-hydrogen) atoms. The lowest BCUT2D eigenvalue weighted by molar-refractivity contribution is 0.268. The van der Waals surface area contributed by atoms with E-state index >= 15 is 0 Å². The number of rotatable bonds is 4. The summed E-state index contributed by atoms with van der Waals surface area (Å²) in [5.74, 6) is 0.922. The fourth-order valence-electron chi connectivity index (χ4n) is 4.47. The Hall–Kier alpha value is -3.16. The summed E-state index contributed by atoms with van der Waals surface area (Å²) >= 11 is 1.59. The molecule has 6 rings (SSSR count). The molecule has 1 saturated heterocycles. The van der Waals surface area contributed by atoms with Crippen molar-refractivity contribution in [1.29, 1.82) is 0 Å². The van der Waals surface area contributed by atoms with Crippen LogP contribution in [0.3, 0.4) is 0 Å². The molecule has 7 heteroatoms. The van der Waals surface area contributed by atoms with Gasteiger partial charge in [-0.05, 0) is 38.1 Å². The van der Waals surface area contributed by atoms with E-state index < -0.39 is 0 Å². The summed E-state index contributed by atoms with van der Waals surface area (Å²) in [7, 11) is 0. The van der Waals surface area contributed by atoms with Gasteiger partial charge >= 0.3 is 0 Å². The van der Waals surface area contributed by atoms with Crippen molar-refractivity contribution in [2.24, 2.45) is 0 Å². The zero-order valence-electron chi connectivity index (χ0n) is 17.8. The molecule has 3 aromatic heterocycles. The van der Waals surface area contributed by atoms with Crippen molar-refractivity contribution >= 4 is 27.2 Å². The van der Waals surface area contributed by atoms with Crippen molar-refractivity contribution in [3.63, 3.8) is 0 Å². The van der Waals surface area contributed by atoms with Crippen LogP contribution in [0, 0.1) is 0 Å². The number of likely N-dealkylation sites (tertiary alicyclic amines) is 1. The number of aromatic nitrogens is 5. The fraction of sp³-hybridized carbons (Fsp3) is 0.280. The Balaban J connectivity index is 1.43. The Morgan fingerprint density at radius 2 is 1.62 bits per heavy atom. The van der Waals surface area contributed by atoms with E-state index in [9.17, 15) is 0 Å². The van der Waals surface area contributed by atoms with Crippen molar-refractivity contribution in [2.75, 3.05) is 13.1 Å². The monoisotopic (exact) mass is 440 g/mol. The first-order valence-corrected chi connectivity index (χ1v) is 12.1. The number of hydrogen-bond donors (Lipinski definition) is 0. The number of para-hydroxylation sites is 1. The highest BCUT2D eigenvalue weighted by Crippen LogP contribution is 2.34. The van der Waals surface area contributed by atoms with Crippen LogP contribution in [0.15, 0.2) is 60.7 Å². The fourth-order valence-corrected chi connectivity index (χ4v) is 5.36. The highest BCUT2D eigenvalue weighted by Gasteiger charge is 2.19. The van der Waals surface area contributed by atoms with Crippen LogP contribution in [0.5, 0.6) is 0 Å².